The highest BCUT2D eigenvalue weighted by Gasteiger charge is 2.28. The van der Waals surface area contributed by atoms with E-state index in [2.05, 4.69) is 141 Å². The molecule has 0 spiro atoms. The summed E-state index contributed by atoms with van der Waals surface area (Å²) in [6.07, 6.45) is -1.18. The molecule has 2 atom stereocenters. The SMILES string of the molecule is OC(COc1ccc(OCC(O)CN2CCN(C(c3ccccc3)c3ccccc3)CC2)cc1)CN1CCN(C(c2ccccc2)c2ccccc2)CC1. The minimum Gasteiger partial charge on any atom is -0.491 e. The highest BCUT2D eigenvalue weighted by molar-refractivity contribution is 5.34. The maximum absolute atomic E-state index is 10.8. The Morgan fingerprint density at radius 1 is 0.389 bits per heavy atom. The van der Waals surface area contributed by atoms with Crippen molar-refractivity contribution in [2.45, 2.75) is 24.3 Å². The molecule has 8 nitrogen and oxygen atoms in total. The topological polar surface area (TPSA) is 71.9 Å². The molecule has 2 aliphatic heterocycles. The lowest BCUT2D eigenvalue weighted by atomic mass is 9.96. The molecule has 2 aliphatic rings. The Hall–Kier alpha value is -4.54. The molecule has 2 unspecified atom stereocenters. The number of rotatable bonds is 16. The summed E-state index contributed by atoms with van der Waals surface area (Å²) < 4.78 is 11.9. The van der Waals surface area contributed by atoms with E-state index in [1.54, 1.807) is 0 Å². The van der Waals surface area contributed by atoms with Crippen LogP contribution in [0.2, 0.25) is 0 Å². The quantitative estimate of drug-likeness (QED) is 0.129. The maximum Gasteiger partial charge on any atom is 0.119 e. The van der Waals surface area contributed by atoms with Crippen molar-refractivity contribution in [1.29, 1.82) is 0 Å². The molecule has 0 saturated carbocycles. The third-order valence-electron chi connectivity index (χ3n) is 10.7. The third-order valence-corrected chi connectivity index (χ3v) is 10.7. The van der Waals surface area contributed by atoms with E-state index in [9.17, 15) is 10.2 Å². The van der Waals surface area contributed by atoms with Gasteiger partial charge in [0, 0.05) is 65.4 Å². The first-order valence-electron chi connectivity index (χ1n) is 19.4. The molecule has 2 heterocycles. The zero-order chi connectivity index (χ0) is 37.0. The molecule has 0 amide bonds. The molecule has 0 aromatic heterocycles. The van der Waals surface area contributed by atoms with E-state index >= 15 is 0 Å². The van der Waals surface area contributed by atoms with Crippen LogP contribution in [-0.2, 0) is 0 Å². The van der Waals surface area contributed by atoms with Gasteiger partial charge in [0.2, 0.25) is 0 Å². The summed E-state index contributed by atoms with van der Waals surface area (Å²) in [7, 11) is 0. The zero-order valence-corrected chi connectivity index (χ0v) is 31.2. The number of ether oxygens (including phenoxy) is 2. The van der Waals surface area contributed by atoms with Crippen molar-refractivity contribution in [2.24, 2.45) is 0 Å². The number of nitrogens with zero attached hydrogens (tertiary/aromatic N) is 4. The number of β-amino-alcohol motifs (C(OH)–C–C–N with tert-alkyl or cyclic N) is 2. The van der Waals surface area contributed by atoms with Gasteiger partial charge >= 0.3 is 0 Å². The first kappa shape index (κ1) is 37.8. The van der Waals surface area contributed by atoms with Gasteiger partial charge in [-0.25, -0.2) is 0 Å². The van der Waals surface area contributed by atoms with Crippen LogP contribution in [0.3, 0.4) is 0 Å². The van der Waals surface area contributed by atoms with E-state index in [0.29, 0.717) is 24.6 Å². The van der Waals surface area contributed by atoms with Gasteiger partial charge in [0.25, 0.3) is 0 Å². The second kappa shape index (κ2) is 19.2. The van der Waals surface area contributed by atoms with Crippen molar-refractivity contribution in [3.63, 3.8) is 0 Å². The average molecular weight is 727 g/mol. The lowest BCUT2D eigenvalue weighted by Crippen LogP contribution is -2.50. The molecule has 2 saturated heterocycles. The molecule has 54 heavy (non-hydrogen) atoms. The molecule has 2 fully saturated rings. The summed E-state index contributed by atoms with van der Waals surface area (Å²) in [5.41, 5.74) is 5.22. The summed E-state index contributed by atoms with van der Waals surface area (Å²) in [6.45, 7) is 8.88. The molecule has 5 aromatic carbocycles. The van der Waals surface area contributed by atoms with Gasteiger partial charge in [-0.3, -0.25) is 19.6 Å². The monoisotopic (exact) mass is 726 g/mol. The van der Waals surface area contributed by atoms with Gasteiger partial charge in [-0.2, -0.15) is 0 Å². The van der Waals surface area contributed by atoms with E-state index < -0.39 is 12.2 Å². The predicted octanol–water partition coefficient (Wildman–Crippen LogP) is 5.98. The van der Waals surface area contributed by atoms with Crippen LogP contribution in [-0.4, -0.2) is 121 Å². The highest BCUT2D eigenvalue weighted by Crippen LogP contribution is 2.31. The number of aliphatic hydroxyl groups excluding tert-OH is 2. The van der Waals surface area contributed by atoms with Crippen LogP contribution < -0.4 is 9.47 Å². The van der Waals surface area contributed by atoms with Crippen molar-refractivity contribution in [2.75, 3.05) is 78.7 Å². The van der Waals surface area contributed by atoms with Gasteiger partial charge in [-0.15, -0.1) is 0 Å². The van der Waals surface area contributed by atoms with Crippen LogP contribution in [0, 0.1) is 0 Å². The molecule has 0 aliphatic carbocycles. The van der Waals surface area contributed by atoms with Gasteiger partial charge in [0.1, 0.15) is 36.9 Å². The van der Waals surface area contributed by atoms with Gasteiger partial charge in [0.05, 0.1) is 12.1 Å². The molecular weight excluding hydrogens is 673 g/mol. The fourth-order valence-electron chi connectivity index (χ4n) is 7.90. The second-order valence-corrected chi connectivity index (χ2v) is 14.5. The first-order chi connectivity index (χ1) is 26.6. The Balaban J connectivity index is 0.805. The molecule has 8 heteroatoms. The van der Waals surface area contributed by atoms with E-state index in [1.165, 1.54) is 22.3 Å². The highest BCUT2D eigenvalue weighted by atomic mass is 16.5. The van der Waals surface area contributed by atoms with Crippen molar-refractivity contribution < 1.29 is 19.7 Å². The minimum absolute atomic E-state index is 0.221. The van der Waals surface area contributed by atoms with E-state index in [0.717, 1.165) is 52.4 Å². The number of hydrogen-bond donors (Lipinski definition) is 2. The summed E-state index contributed by atoms with van der Waals surface area (Å²) >= 11 is 0. The van der Waals surface area contributed by atoms with Crippen LogP contribution in [0.15, 0.2) is 146 Å². The minimum atomic E-state index is -0.592. The molecule has 0 bridgehead atoms. The molecule has 2 N–H and O–H groups in total. The fourth-order valence-corrected chi connectivity index (χ4v) is 7.90. The largest absolute Gasteiger partial charge is 0.491 e. The van der Waals surface area contributed by atoms with E-state index in [1.807, 2.05) is 24.3 Å². The standard InChI is InChI=1S/C46H54N4O4/c51-41(33-47-25-29-49(30-26-47)45(37-13-5-1-6-14-37)38-15-7-2-8-16-38)35-53-43-21-23-44(24-22-43)54-36-42(52)34-48-27-31-50(32-28-48)46(39-17-9-3-10-18-39)40-19-11-4-12-20-40/h1-24,41-42,45-46,51-52H,25-36H2. The summed E-state index contributed by atoms with van der Waals surface area (Å²) in [4.78, 5) is 9.74. The van der Waals surface area contributed by atoms with E-state index in [-0.39, 0.29) is 25.3 Å². The normalized spacial score (nSPS) is 17.4. The zero-order valence-electron chi connectivity index (χ0n) is 31.2. The molecule has 282 valence electrons. The van der Waals surface area contributed by atoms with Crippen molar-refractivity contribution in [3.8, 4) is 11.5 Å². The Kier molecular flexibility index (Phi) is 13.4. The van der Waals surface area contributed by atoms with Gasteiger partial charge < -0.3 is 19.7 Å². The number of hydrogen-bond acceptors (Lipinski definition) is 8. The van der Waals surface area contributed by atoms with Crippen LogP contribution in [0.5, 0.6) is 11.5 Å². The van der Waals surface area contributed by atoms with Crippen LogP contribution >= 0.6 is 0 Å². The lowest BCUT2D eigenvalue weighted by molar-refractivity contribution is 0.0393. The molecule has 7 rings (SSSR count). The Labute approximate surface area is 320 Å². The van der Waals surface area contributed by atoms with Crippen molar-refractivity contribution in [3.05, 3.63) is 168 Å². The smallest absolute Gasteiger partial charge is 0.119 e. The van der Waals surface area contributed by atoms with E-state index in [4.69, 9.17) is 9.47 Å². The summed E-state index contributed by atoms with van der Waals surface area (Å²) in [6, 6.07) is 50.8. The lowest BCUT2D eigenvalue weighted by Gasteiger charge is -2.40. The Morgan fingerprint density at radius 3 is 0.944 bits per heavy atom. The van der Waals surface area contributed by atoms with Gasteiger partial charge in [0.15, 0.2) is 0 Å². The molecule has 0 radical (unpaired) electrons. The predicted molar refractivity (Wildman–Crippen MR) is 215 cm³/mol. The average Bonchev–Trinajstić information content (AvgIpc) is 3.23. The summed E-state index contributed by atoms with van der Waals surface area (Å²) in [5.74, 6) is 1.37. The number of aliphatic hydroxyl groups is 2. The van der Waals surface area contributed by atoms with Crippen molar-refractivity contribution in [1.82, 2.24) is 19.6 Å². The number of benzene rings is 5. The molecule has 5 aromatic rings. The van der Waals surface area contributed by atoms with Gasteiger partial charge in [-0.1, -0.05) is 121 Å². The first-order valence-corrected chi connectivity index (χ1v) is 19.4. The fraction of sp³-hybridized carbons (Fsp3) is 0.348. The Bertz CT molecular complexity index is 1570. The third kappa shape index (κ3) is 10.4. The Morgan fingerprint density at radius 2 is 0.667 bits per heavy atom. The second-order valence-electron chi connectivity index (χ2n) is 14.5. The van der Waals surface area contributed by atoms with Crippen LogP contribution in [0.25, 0.3) is 0 Å². The molecular formula is C46H54N4O4. The summed E-state index contributed by atoms with van der Waals surface area (Å²) in [5, 5.41) is 21.7. The van der Waals surface area contributed by atoms with Crippen LogP contribution in [0.4, 0.5) is 0 Å². The number of piperazine rings is 2. The van der Waals surface area contributed by atoms with Crippen molar-refractivity contribution >= 4 is 0 Å². The maximum atomic E-state index is 10.8. The van der Waals surface area contributed by atoms with Crippen LogP contribution in [0.1, 0.15) is 34.3 Å². The van der Waals surface area contributed by atoms with Gasteiger partial charge in [-0.05, 0) is 46.5 Å².